The van der Waals surface area contributed by atoms with Gasteiger partial charge in [-0.05, 0) is 6.92 Å². The van der Waals surface area contributed by atoms with Crippen LogP contribution in [0.15, 0.2) is 6.20 Å². The zero-order valence-electron chi connectivity index (χ0n) is 10.1. The van der Waals surface area contributed by atoms with Gasteiger partial charge >= 0.3 is 12.1 Å². The lowest BCUT2D eigenvalue weighted by molar-refractivity contribution is -0.137. The van der Waals surface area contributed by atoms with E-state index in [2.05, 4.69) is 15.2 Å². The third kappa shape index (κ3) is 2.59. The van der Waals surface area contributed by atoms with Crippen molar-refractivity contribution >= 4 is 23.1 Å². The molecule has 0 spiro atoms. The third-order valence-corrected chi connectivity index (χ3v) is 3.33. The van der Waals surface area contributed by atoms with Crippen molar-refractivity contribution in [1.82, 2.24) is 15.2 Å². The largest absolute Gasteiger partial charge is 0.462 e. The lowest BCUT2D eigenvalue weighted by Gasteiger charge is -2.02. The molecular weight excluding hydrogens is 297 g/mol. The van der Waals surface area contributed by atoms with E-state index in [1.165, 1.54) is 0 Å². The molecule has 0 aliphatic heterocycles. The van der Waals surface area contributed by atoms with E-state index in [0.29, 0.717) is 11.3 Å². The van der Waals surface area contributed by atoms with Crippen molar-refractivity contribution < 1.29 is 22.7 Å². The Hall–Kier alpha value is -2.10. The van der Waals surface area contributed by atoms with Crippen molar-refractivity contribution in [3.63, 3.8) is 0 Å². The Morgan fingerprint density at radius 2 is 2.25 bits per heavy atom. The predicted molar refractivity (Wildman–Crippen MR) is 65.1 cm³/mol. The fraction of sp³-hybridized carbons (Fsp3) is 0.300. The molecule has 0 atom stereocenters. The molecule has 0 amide bonds. The number of alkyl halides is 3. The fourth-order valence-corrected chi connectivity index (χ4v) is 2.25. The van der Waals surface area contributed by atoms with Gasteiger partial charge in [0.15, 0.2) is 10.8 Å². The predicted octanol–water partition coefficient (Wildman–Crippen LogP) is 2.31. The van der Waals surface area contributed by atoms with Gasteiger partial charge in [0.1, 0.15) is 5.56 Å². The van der Waals surface area contributed by atoms with Gasteiger partial charge in [-0.2, -0.15) is 18.3 Å². The first-order valence-corrected chi connectivity index (χ1v) is 6.20. The number of halogens is 3. The van der Waals surface area contributed by atoms with Crippen molar-refractivity contribution in [2.24, 2.45) is 0 Å². The average molecular weight is 306 g/mol. The first-order chi connectivity index (χ1) is 9.34. The number of aromatic nitrogens is 3. The fourth-order valence-electron chi connectivity index (χ4n) is 1.46. The zero-order chi connectivity index (χ0) is 14.9. The normalized spacial score (nSPS) is 11.6. The quantitative estimate of drug-likeness (QED) is 0.849. The number of anilines is 1. The smallest absolute Gasteiger partial charge is 0.443 e. The van der Waals surface area contributed by atoms with Crippen LogP contribution in [0.25, 0.3) is 10.6 Å². The number of H-pyrrole nitrogens is 1. The van der Waals surface area contributed by atoms with Gasteiger partial charge in [-0.15, -0.1) is 11.3 Å². The molecule has 0 saturated carbocycles. The van der Waals surface area contributed by atoms with Crippen LogP contribution >= 0.6 is 11.3 Å². The summed E-state index contributed by atoms with van der Waals surface area (Å²) >= 11 is 0.385. The number of nitrogens with one attached hydrogen (secondary N) is 1. The van der Waals surface area contributed by atoms with Crippen LogP contribution in [0.5, 0.6) is 0 Å². The Morgan fingerprint density at radius 1 is 1.55 bits per heavy atom. The van der Waals surface area contributed by atoms with Crippen molar-refractivity contribution in [1.29, 1.82) is 0 Å². The molecule has 108 valence electrons. The molecule has 2 heterocycles. The number of rotatable bonds is 3. The number of hydrogen-bond donors (Lipinski definition) is 2. The van der Waals surface area contributed by atoms with Crippen molar-refractivity contribution in [2.75, 3.05) is 12.3 Å². The standard InChI is InChI=1S/C10H9F3N4O2S/c1-2-19-8(18)5-6(16-17-7(5)14)4-3-15-9(20-4)10(11,12)13/h3H,2H2,1H3,(H3,14,16,17). The van der Waals surface area contributed by atoms with E-state index < -0.39 is 17.2 Å². The van der Waals surface area contributed by atoms with Gasteiger partial charge in [-0.25, -0.2) is 9.78 Å². The summed E-state index contributed by atoms with van der Waals surface area (Å²) in [7, 11) is 0. The maximum Gasteiger partial charge on any atom is 0.443 e. The van der Waals surface area contributed by atoms with Crippen LogP contribution in [0, 0.1) is 0 Å². The molecular formula is C10H9F3N4O2S. The lowest BCUT2D eigenvalue weighted by atomic mass is 10.2. The first-order valence-electron chi connectivity index (χ1n) is 5.39. The highest BCUT2D eigenvalue weighted by molar-refractivity contribution is 7.15. The van der Waals surface area contributed by atoms with E-state index >= 15 is 0 Å². The van der Waals surface area contributed by atoms with E-state index in [1.54, 1.807) is 6.92 Å². The number of thiazole rings is 1. The van der Waals surface area contributed by atoms with Crippen molar-refractivity contribution in [3.8, 4) is 10.6 Å². The molecule has 0 fully saturated rings. The van der Waals surface area contributed by atoms with Crippen LogP contribution in [0.4, 0.5) is 19.0 Å². The Bertz CT molecular complexity index is 635. The van der Waals surface area contributed by atoms with Crippen LogP contribution in [0.1, 0.15) is 22.3 Å². The molecule has 0 aliphatic rings. The molecule has 10 heteroatoms. The first kappa shape index (κ1) is 14.3. The van der Waals surface area contributed by atoms with Crippen LogP contribution in [0.2, 0.25) is 0 Å². The number of carbonyl (C=O) groups excluding carboxylic acids is 1. The maximum atomic E-state index is 12.5. The van der Waals surface area contributed by atoms with Gasteiger partial charge in [-0.3, -0.25) is 5.10 Å². The van der Waals surface area contributed by atoms with Gasteiger partial charge in [0.25, 0.3) is 0 Å². The second kappa shape index (κ2) is 5.12. The Labute approximate surface area is 114 Å². The lowest BCUT2D eigenvalue weighted by Crippen LogP contribution is -2.07. The zero-order valence-corrected chi connectivity index (χ0v) is 10.9. The molecule has 20 heavy (non-hydrogen) atoms. The number of carbonyl (C=O) groups is 1. The van der Waals surface area contributed by atoms with E-state index in [-0.39, 0.29) is 28.6 Å². The number of nitrogen functional groups attached to an aromatic ring is 1. The second-order valence-corrected chi connectivity index (χ2v) is 4.64. The van der Waals surface area contributed by atoms with Crippen LogP contribution in [-0.2, 0) is 10.9 Å². The molecule has 0 saturated heterocycles. The molecule has 6 nitrogen and oxygen atoms in total. The topological polar surface area (TPSA) is 93.9 Å². The highest BCUT2D eigenvalue weighted by Gasteiger charge is 2.35. The summed E-state index contributed by atoms with van der Waals surface area (Å²) in [4.78, 5) is 15.1. The summed E-state index contributed by atoms with van der Waals surface area (Å²) in [5.74, 6) is -0.892. The van der Waals surface area contributed by atoms with Crippen LogP contribution in [-0.4, -0.2) is 27.8 Å². The SMILES string of the molecule is CCOC(=O)c1c(N)n[nH]c1-c1cnc(C(F)(F)F)s1. The van der Waals surface area contributed by atoms with Gasteiger partial charge < -0.3 is 10.5 Å². The second-order valence-electron chi connectivity index (χ2n) is 3.61. The molecule has 0 aromatic carbocycles. The molecule has 0 radical (unpaired) electrons. The van der Waals surface area contributed by atoms with E-state index in [0.717, 1.165) is 6.20 Å². The summed E-state index contributed by atoms with van der Waals surface area (Å²) in [6.07, 6.45) is -3.54. The molecule has 3 N–H and O–H groups in total. The minimum absolute atomic E-state index is 0.0638. The number of nitrogens with two attached hydrogens (primary N) is 1. The van der Waals surface area contributed by atoms with Gasteiger partial charge in [-0.1, -0.05) is 0 Å². The molecule has 2 aromatic rings. The van der Waals surface area contributed by atoms with E-state index in [4.69, 9.17) is 10.5 Å². The number of nitrogens with zero attached hydrogens (tertiary/aromatic N) is 2. The van der Waals surface area contributed by atoms with E-state index in [9.17, 15) is 18.0 Å². The Kier molecular flexibility index (Phi) is 3.66. The summed E-state index contributed by atoms with van der Waals surface area (Å²) < 4.78 is 42.3. The van der Waals surface area contributed by atoms with Gasteiger partial charge in [0, 0.05) is 6.20 Å². The van der Waals surface area contributed by atoms with Crippen molar-refractivity contribution in [3.05, 3.63) is 16.8 Å². The molecule has 0 bridgehead atoms. The van der Waals surface area contributed by atoms with Crippen molar-refractivity contribution in [2.45, 2.75) is 13.1 Å². The highest BCUT2D eigenvalue weighted by atomic mass is 32.1. The third-order valence-electron chi connectivity index (χ3n) is 2.27. The summed E-state index contributed by atoms with van der Waals surface area (Å²) in [5.41, 5.74) is 5.49. The molecule has 2 aromatic heterocycles. The maximum absolute atomic E-state index is 12.5. The van der Waals surface area contributed by atoms with Gasteiger partial charge in [0.2, 0.25) is 0 Å². The van der Waals surface area contributed by atoms with Crippen LogP contribution in [0.3, 0.4) is 0 Å². The minimum atomic E-state index is -4.54. The van der Waals surface area contributed by atoms with Gasteiger partial charge in [0.05, 0.1) is 17.2 Å². The molecule has 2 rings (SSSR count). The highest BCUT2D eigenvalue weighted by Crippen LogP contribution is 2.37. The molecule has 0 aliphatic carbocycles. The Balaban J connectivity index is 2.44. The molecule has 0 unspecified atom stereocenters. The monoisotopic (exact) mass is 306 g/mol. The summed E-state index contributed by atoms with van der Waals surface area (Å²) in [5, 5.41) is 5.02. The number of aromatic amines is 1. The summed E-state index contributed by atoms with van der Waals surface area (Å²) in [6.45, 7) is 1.71. The van der Waals surface area contributed by atoms with E-state index in [1.807, 2.05) is 0 Å². The minimum Gasteiger partial charge on any atom is -0.462 e. The number of esters is 1. The Morgan fingerprint density at radius 3 is 2.80 bits per heavy atom. The summed E-state index contributed by atoms with van der Waals surface area (Å²) in [6, 6.07) is 0. The van der Waals surface area contributed by atoms with Crippen LogP contribution < -0.4 is 5.73 Å². The average Bonchev–Trinajstić information content (AvgIpc) is 2.94. The number of hydrogen-bond acceptors (Lipinski definition) is 6. The number of ether oxygens (including phenoxy) is 1.